The molecule has 2 aliphatic rings. The molecule has 3 aromatic carbocycles. The van der Waals surface area contributed by atoms with Crippen LogP contribution < -0.4 is 0 Å². The lowest BCUT2D eigenvalue weighted by Crippen LogP contribution is -1.96. The second-order valence-electron chi connectivity index (χ2n) is 6.53. The minimum absolute atomic E-state index is 0.361. The van der Waals surface area contributed by atoms with Gasteiger partial charge in [-0.1, -0.05) is 91.0 Å². The SMILES string of the molecule is C1=C(c2ccccc2)c2ccccc2C1C1=CCc2ccccc21. The Balaban J connectivity index is 1.67. The minimum atomic E-state index is 0.361. The predicted molar refractivity (Wildman–Crippen MR) is 101 cm³/mol. The molecule has 0 N–H and O–H groups in total. The first-order chi connectivity index (χ1) is 11.9. The molecule has 0 amide bonds. The van der Waals surface area contributed by atoms with Gasteiger partial charge in [-0.2, -0.15) is 0 Å². The molecule has 5 rings (SSSR count). The van der Waals surface area contributed by atoms with Gasteiger partial charge in [0.25, 0.3) is 0 Å². The highest BCUT2D eigenvalue weighted by Crippen LogP contribution is 2.47. The molecule has 24 heavy (non-hydrogen) atoms. The van der Waals surface area contributed by atoms with E-state index in [2.05, 4.69) is 91.0 Å². The molecular formula is C24H18. The second-order valence-corrected chi connectivity index (χ2v) is 6.53. The molecule has 0 spiro atoms. The normalized spacial score (nSPS) is 17.9. The van der Waals surface area contributed by atoms with Crippen LogP contribution in [0.15, 0.2) is 91.0 Å². The lowest BCUT2D eigenvalue weighted by atomic mass is 9.89. The van der Waals surface area contributed by atoms with Crippen LogP contribution in [0.25, 0.3) is 11.1 Å². The van der Waals surface area contributed by atoms with E-state index in [1.165, 1.54) is 39.0 Å². The molecule has 3 aromatic rings. The molecule has 0 saturated carbocycles. The topological polar surface area (TPSA) is 0 Å². The van der Waals surface area contributed by atoms with E-state index < -0.39 is 0 Å². The molecule has 0 radical (unpaired) electrons. The van der Waals surface area contributed by atoms with Gasteiger partial charge in [-0.3, -0.25) is 0 Å². The van der Waals surface area contributed by atoms with Gasteiger partial charge in [0.15, 0.2) is 0 Å². The Morgan fingerprint density at radius 1 is 0.667 bits per heavy atom. The highest BCUT2D eigenvalue weighted by molar-refractivity contribution is 5.92. The van der Waals surface area contributed by atoms with Crippen molar-refractivity contribution >= 4 is 11.1 Å². The Kier molecular flexibility index (Phi) is 3.02. The van der Waals surface area contributed by atoms with Crippen molar-refractivity contribution in [1.82, 2.24) is 0 Å². The second kappa shape index (κ2) is 5.35. The zero-order chi connectivity index (χ0) is 15.9. The Bertz CT molecular complexity index is 974. The summed E-state index contributed by atoms with van der Waals surface area (Å²) < 4.78 is 0. The number of allylic oxidation sites excluding steroid dienone is 3. The van der Waals surface area contributed by atoms with Crippen molar-refractivity contribution in [2.75, 3.05) is 0 Å². The number of hydrogen-bond donors (Lipinski definition) is 0. The highest BCUT2D eigenvalue weighted by atomic mass is 14.3. The molecule has 2 aliphatic carbocycles. The van der Waals surface area contributed by atoms with Gasteiger partial charge in [0.1, 0.15) is 0 Å². The largest absolute Gasteiger partial charge is 0.0753 e. The van der Waals surface area contributed by atoms with E-state index >= 15 is 0 Å². The quantitative estimate of drug-likeness (QED) is 0.556. The molecule has 0 aromatic heterocycles. The van der Waals surface area contributed by atoms with E-state index in [-0.39, 0.29) is 0 Å². The van der Waals surface area contributed by atoms with Gasteiger partial charge < -0.3 is 0 Å². The third kappa shape index (κ3) is 2.00. The lowest BCUT2D eigenvalue weighted by Gasteiger charge is -2.14. The summed E-state index contributed by atoms with van der Waals surface area (Å²) in [4.78, 5) is 0. The van der Waals surface area contributed by atoms with Crippen molar-refractivity contribution in [2.24, 2.45) is 0 Å². The first-order valence-electron chi connectivity index (χ1n) is 8.57. The van der Waals surface area contributed by atoms with E-state index in [0.29, 0.717) is 5.92 Å². The van der Waals surface area contributed by atoms with E-state index in [0.717, 1.165) is 6.42 Å². The van der Waals surface area contributed by atoms with Crippen molar-refractivity contribution in [3.05, 3.63) is 119 Å². The number of fused-ring (bicyclic) bond motifs is 2. The molecule has 114 valence electrons. The fraction of sp³-hybridized carbons (Fsp3) is 0.0833. The first kappa shape index (κ1) is 13.6. The van der Waals surface area contributed by atoms with Gasteiger partial charge >= 0.3 is 0 Å². The van der Waals surface area contributed by atoms with E-state index in [4.69, 9.17) is 0 Å². The van der Waals surface area contributed by atoms with Gasteiger partial charge in [-0.05, 0) is 45.4 Å². The Morgan fingerprint density at radius 3 is 2.25 bits per heavy atom. The summed E-state index contributed by atoms with van der Waals surface area (Å²) in [5.74, 6) is 0.361. The molecule has 0 fully saturated rings. The standard InChI is InChI=1S/C24H18/c1-2-8-17(9-3-1)23-16-24(21-13-7-6-12-20(21)23)22-15-14-18-10-4-5-11-19(18)22/h1-13,15-16,24H,14H2. The summed E-state index contributed by atoms with van der Waals surface area (Å²) in [6.45, 7) is 0. The first-order valence-corrected chi connectivity index (χ1v) is 8.57. The van der Waals surface area contributed by atoms with Crippen molar-refractivity contribution in [2.45, 2.75) is 12.3 Å². The summed E-state index contributed by atoms with van der Waals surface area (Å²) in [6.07, 6.45) is 5.92. The molecule has 0 nitrogen and oxygen atoms in total. The van der Waals surface area contributed by atoms with Crippen LogP contribution in [0, 0.1) is 0 Å². The van der Waals surface area contributed by atoms with Gasteiger partial charge in [-0.25, -0.2) is 0 Å². The summed E-state index contributed by atoms with van der Waals surface area (Å²) >= 11 is 0. The van der Waals surface area contributed by atoms with Crippen LogP contribution in [-0.4, -0.2) is 0 Å². The zero-order valence-electron chi connectivity index (χ0n) is 13.4. The van der Waals surface area contributed by atoms with Gasteiger partial charge in [0, 0.05) is 5.92 Å². The molecule has 0 bridgehead atoms. The number of hydrogen-bond acceptors (Lipinski definition) is 0. The summed E-state index contributed by atoms with van der Waals surface area (Å²) in [6, 6.07) is 28.4. The van der Waals surface area contributed by atoms with Crippen LogP contribution in [-0.2, 0) is 6.42 Å². The minimum Gasteiger partial charge on any atom is -0.0753 e. The predicted octanol–water partition coefficient (Wildman–Crippen LogP) is 5.86. The molecular weight excluding hydrogens is 288 g/mol. The fourth-order valence-corrected chi connectivity index (χ4v) is 4.09. The van der Waals surface area contributed by atoms with Crippen LogP contribution in [0.4, 0.5) is 0 Å². The van der Waals surface area contributed by atoms with Gasteiger partial charge in [0.05, 0.1) is 0 Å². The van der Waals surface area contributed by atoms with Crippen LogP contribution in [0.3, 0.4) is 0 Å². The molecule has 1 unspecified atom stereocenters. The Hall–Kier alpha value is -2.86. The highest BCUT2D eigenvalue weighted by Gasteiger charge is 2.29. The van der Waals surface area contributed by atoms with Crippen LogP contribution in [0.1, 0.15) is 33.7 Å². The van der Waals surface area contributed by atoms with Crippen molar-refractivity contribution in [3.63, 3.8) is 0 Å². The summed E-state index contributed by atoms with van der Waals surface area (Å²) in [5, 5.41) is 0. The third-order valence-electron chi connectivity index (χ3n) is 5.21. The maximum atomic E-state index is 2.45. The summed E-state index contributed by atoms with van der Waals surface area (Å²) in [7, 11) is 0. The monoisotopic (exact) mass is 306 g/mol. The Labute approximate surface area is 142 Å². The van der Waals surface area contributed by atoms with Crippen LogP contribution in [0.2, 0.25) is 0 Å². The number of rotatable bonds is 2. The maximum absolute atomic E-state index is 2.45. The van der Waals surface area contributed by atoms with Crippen LogP contribution in [0.5, 0.6) is 0 Å². The van der Waals surface area contributed by atoms with E-state index in [1.54, 1.807) is 0 Å². The molecule has 0 saturated heterocycles. The Morgan fingerprint density at radius 2 is 1.38 bits per heavy atom. The smallest absolute Gasteiger partial charge is 0.0287 e. The lowest BCUT2D eigenvalue weighted by molar-refractivity contribution is 1.14. The average molecular weight is 306 g/mol. The molecule has 0 aliphatic heterocycles. The number of benzene rings is 3. The third-order valence-corrected chi connectivity index (χ3v) is 5.21. The molecule has 0 heteroatoms. The van der Waals surface area contributed by atoms with Crippen molar-refractivity contribution in [3.8, 4) is 0 Å². The van der Waals surface area contributed by atoms with Crippen LogP contribution >= 0.6 is 0 Å². The average Bonchev–Trinajstić information content (AvgIpc) is 3.24. The van der Waals surface area contributed by atoms with Crippen molar-refractivity contribution < 1.29 is 0 Å². The van der Waals surface area contributed by atoms with E-state index in [9.17, 15) is 0 Å². The molecule has 1 atom stereocenters. The maximum Gasteiger partial charge on any atom is 0.0287 e. The summed E-state index contributed by atoms with van der Waals surface area (Å²) in [5.41, 5.74) is 9.80. The van der Waals surface area contributed by atoms with Gasteiger partial charge in [-0.15, -0.1) is 0 Å². The zero-order valence-corrected chi connectivity index (χ0v) is 13.4. The molecule has 0 heterocycles. The van der Waals surface area contributed by atoms with E-state index in [1.807, 2.05) is 0 Å². The van der Waals surface area contributed by atoms with Crippen molar-refractivity contribution in [1.29, 1.82) is 0 Å². The van der Waals surface area contributed by atoms with Gasteiger partial charge in [0.2, 0.25) is 0 Å². The fourth-order valence-electron chi connectivity index (χ4n) is 4.09.